The van der Waals surface area contributed by atoms with Gasteiger partial charge in [0.15, 0.2) is 5.78 Å². The first kappa shape index (κ1) is 26.2. The second kappa shape index (κ2) is 11.0. The predicted octanol–water partition coefficient (Wildman–Crippen LogP) is 4.72. The van der Waals surface area contributed by atoms with E-state index in [0.29, 0.717) is 34.7 Å². The number of hydrogen-bond acceptors (Lipinski definition) is 7. The Morgan fingerprint density at radius 1 is 0.919 bits per heavy atom. The van der Waals surface area contributed by atoms with Gasteiger partial charge in [0.1, 0.15) is 11.7 Å². The molecule has 2 aromatic rings. The summed E-state index contributed by atoms with van der Waals surface area (Å²) in [6.07, 6.45) is 0.409. The van der Waals surface area contributed by atoms with E-state index in [2.05, 4.69) is 5.32 Å². The van der Waals surface area contributed by atoms with E-state index in [4.69, 9.17) is 14.2 Å². The van der Waals surface area contributed by atoms with E-state index in [-0.39, 0.29) is 19.0 Å². The Hall–Kier alpha value is -3.87. The maximum atomic E-state index is 14.3. The molecule has 0 saturated heterocycles. The highest BCUT2D eigenvalue weighted by atomic mass is 16.5. The van der Waals surface area contributed by atoms with Gasteiger partial charge in [-0.25, -0.2) is 4.79 Å². The lowest BCUT2D eigenvalue weighted by Crippen LogP contribution is -2.43. The zero-order valence-electron chi connectivity index (χ0n) is 21.9. The average molecular weight is 504 g/mol. The van der Waals surface area contributed by atoms with Crippen LogP contribution in [0.1, 0.15) is 55.7 Å². The molecule has 1 heterocycles. The molecule has 2 aromatic carbocycles. The molecule has 0 aromatic heterocycles. The third-order valence-corrected chi connectivity index (χ3v) is 7.01. The number of rotatable bonds is 7. The van der Waals surface area contributed by atoms with Gasteiger partial charge in [0.2, 0.25) is 0 Å². The lowest BCUT2D eigenvalue weighted by atomic mass is 9.67. The number of hydrogen-bond donors (Lipinski definition) is 1. The molecule has 2 aliphatic rings. The molecule has 0 unspecified atom stereocenters. The second-order valence-electron chi connectivity index (χ2n) is 9.30. The molecule has 1 N–H and O–H groups in total. The van der Waals surface area contributed by atoms with E-state index in [9.17, 15) is 14.4 Å². The normalized spacial score (nSPS) is 21.2. The van der Waals surface area contributed by atoms with E-state index < -0.39 is 29.7 Å². The number of carbonyl (C=O) groups is 3. The van der Waals surface area contributed by atoms with Crippen molar-refractivity contribution >= 4 is 17.7 Å². The Balaban J connectivity index is 1.87. The zero-order valence-corrected chi connectivity index (χ0v) is 21.9. The summed E-state index contributed by atoms with van der Waals surface area (Å²) in [7, 11) is 1.59. The van der Waals surface area contributed by atoms with Gasteiger partial charge < -0.3 is 19.5 Å². The topological polar surface area (TPSA) is 90.9 Å². The Morgan fingerprint density at radius 3 is 2.14 bits per heavy atom. The summed E-state index contributed by atoms with van der Waals surface area (Å²) in [5.74, 6) is -2.83. The molecule has 1 aliphatic carbocycles. The van der Waals surface area contributed by atoms with Crippen LogP contribution < -0.4 is 10.1 Å². The predicted molar refractivity (Wildman–Crippen MR) is 139 cm³/mol. The SMILES string of the molecule is CCOC(=O)C1=C(C)NC2=C(C(=O)[C@@H](C(=O)OCC)[C@H](c3ccc(OC)cc3)C2)[C@@H]1c1ccc(C)cc1. The molecule has 0 radical (unpaired) electrons. The van der Waals surface area contributed by atoms with Crippen LogP contribution in [0.25, 0.3) is 0 Å². The Morgan fingerprint density at radius 2 is 1.54 bits per heavy atom. The minimum Gasteiger partial charge on any atom is -0.497 e. The van der Waals surface area contributed by atoms with Crippen LogP contribution in [0.2, 0.25) is 0 Å². The van der Waals surface area contributed by atoms with E-state index in [1.54, 1.807) is 21.0 Å². The molecule has 194 valence electrons. The van der Waals surface area contributed by atoms with Crippen LogP contribution in [0.4, 0.5) is 0 Å². The van der Waals surface area contributed by atoms with Crippen LogP contribution in [-0.2, 0) is 23.9 Å². The fourth-order valence-corrected chi connectivity index (χ4v) is 5.27. The number of allylic oxidation sites excluding steroid dienone is 3. The highest BCUT2D eigenvalue weighted by Crippen LogP contribution is 2.48. The first-order valence-corrected chi connectivity index (χ1v) is 12.6. The second-order valence-corrected chi connectivity index (χ2v) is 9.30. The molecular weight excluding hydrogens is 470 g/mol. The molecule has 0 spiro atoms. The molecule has 3 atom stereocenters. The lowest BCUT2D eigenvalue weighted by Gasteiger charge is -2.39. The number of methoxy groups -OCH3 is 1. The van der Waals surface area contributed by atoms with Gasteiger partial charge in [0.25, 0.3) is 0 Å². The molecular formula is C30H33NO6. The maximum absolute atomic E-state index is 14.3. The summed E-state index contributed by atoms with van der Waals surface area (Å²) in [6, 6.07) is 15.1. The zero-order chi connectivity index (χ0) is 26.7. The van der Waals surface area contributed by atoms with E-state index in [0.717, 1.165) is 16.7 Å². The molecule has 7 nitrogen and oxygen atoms in total. The van der Waals surface area contributed by atoms with Gasteiger partial charge in [0.05, 0.1) is 25.9 Å². The Bertz CT molecular complexity index is 1260. The van der Waals surface area contributed by atoms with Crippen molar-refractivity contribution in [3.63, 3.8) is 0 Å². The van der Waals surface area contributed by atoms with Crippen molar-refractivity contribution in [3.05, 3.63) is 87.8 Å². The molecule has 0 fully saturated rings. The van der Waals surface area contributed by atoms with Crippen LogP contribution in [0.5, 0.6) is 5.75 Å². The van der Waals surface area contributed by atoms with Crippen LogP contribution in [-0.4, -0.2) is 38.0 Å². The molecule has 0 bridgehead atoms. The molecule has 1 aliphatic heterocycles. The summed E-state index contributed by atoms with van der Waals surface area (Å²) < 4.78 is 16.1. The third kappa shape index (κ3) is 5.03. The van der Waals surface area contributed by atoms with Crippen molar-refractivity contribution in [2.24, 2.45) is 5.92 Å². The first-order chi connectivity index (χ1) is 17.8. The van der Waals surface area contributed by atoms with E-state index in [1.807, 2.05) is 62.4 Å². The quantitative estimate of drug-likeness (QED) is 0.432. The van der Waals surface area contributed by atoms with Gasteiger partial charge in [-0.15, -0.1) is 0 Å². The van der Waals surface area contributed by atoms with Gasteiger partial charge >= 0.3 is 11.9 Å². The summed E-state index contributed by atoms with van der Waals surface area (Å²) in [5.41, 5.74) is 4.83. The molecule has 37 heavy (non-hydrogen) atoms. The smallest absolute Gasteiger partial charge is 0.336 e. The average Bonchev–Trinajstić information content (AvgIpc) is 2.88. The van der Waals surface area contributed by atoms with E-state index >= 15 is 0 Å². The van der Waals surface area contributed by atoms with Gasteiger partial charge in [-0.3, -0.25) is 9.59 Å². The van der Waals surface area contributed by atoms with Crippen molar-refractivity contribution in [1.82, 2.24) is 5.32 Å². The Labute approximate surface area is 217 Å². The van der Waals surface area contributed by atoms with Crippen molar-refractivity contribution in [2.75, 3.05) is 20.3 Å². The number of dihydropyridines is 1. The number of esters is 2. The van der Waals surface area contributed by atoms with Gasteiger partial charge in [-0.1, -0.05) is 42.0 Å². The summed E-state index contributed by atoms with van der Waals surface area (Å²) in [5, 5.41) is 3.32. The monoisotopic (exact) mass is 503 g/mol. The van der Waals surface area contributed by atoms with Crippen LogP contribution in [0, 0.1) is 12.8 Å². The summed E-state index contributed by atoms with van der Waals surface area (Å²) in [4.78, 5) is 40.7. The summed E-state index contributed by atoms with van der Waals surface area (Å²) in [6.45, 7) is 7.64. The minimum atomic E-state index is -1.04. The number of ketones is 1. The highest BCUT2D eigenvalue weighted by molar-refractivity contribution is 6.13. The van der Waals surface area contributed by atoms with Gasteiger partial charge in [-0.2, -0.15) is 0 Å². The van der Waals surface area contributed by atoms with Crippen LogP contribution in [0.15, 0.2) is 71.1 Å². The fraction of sp³-hybridized carbons (Fsp3) is 0.367. The number of nitrogens with one attached hydrogen (secondary N) is 1. The van der Waals surface area contributed by atoms with Crippen LogP contribution in [0.3, 0.4) is 0 Å². The van der Waals surface area contributed by atoms with Crippen molar-refractivity contribution in [2.45, 2.75) is 46.0 Å². The number of aryl methyl sites for hydroxylation is 1. The molecule has 7 heteroatoms. The number of ether oxygens (including phenoxy) is 3. The molecule has 0 saturated carbocycles. The van der Waals surface area contributed by atoms with Gasteiger partial charge in [0, 0.05) is 28.8 Å². The van der Waals surface area contributed by atoms with Crippen molar-refractivity contribution in [3.8, 4) is 5.75 Å². The van der Waals surface area contributed by atoms with Gasteiger partial charge in [-0.05, 0) is 57.4 Å². The fourth-order valence-electron chi connectivity index (χ4n) is 5.27. The third-order valence-electron chi connectivity index (χ3n) is 7.01. The molecule has 0 amide bonds. The summed E-state index contributed by atoms with van der Waals surface area (Å²) >= 11 is 0. The number of Topliss-reactive ketones (excluding diaryl/α,β-unsaturated/α-hetero) is 1. The highest BCUT2D eigenvalue weighted by Gasteiger charge is 2.49. The maximum Gasteiger partial charge on any atom is 0.336 e. The van der Waals surface area contributed by atoms with E-state index in [1.165, 1.54) is 0 Å². The largest absolute Gasteiger partial charge is 0.497 e. The minimum absolute atomic E-state index is 0.163. The standard InChI is InChI=1S/C30H33NO6/c1-6-36-29(33)24-18(4)31-23-16-22(19-12-14-21(35-5)15-13-19)26(30(34)37-7-2)28(32)27(23)25(24)20-10-8-17(3)9-11-20/h8-15,22,25-26,31H,6-7,16H2,1-5H3/t22-,25+,26-/m0/s1. The van der Waals surface area contributed by atoms with Crippen LogP contribution >= 0.6 is 0 Å². The van der Waals surface area contributed by atoms with Crippen molar-refractivity contribution < 1.29 is 28.6 Å². The van der Waals surface area contributed by atoms with Crippen molar-refractivity contribution in [1.29, 1.82) is 0 Å². The number of benzene rings is 2. The molecule has 4 rings (SSSR count). The lowest BCUT2D eigenvalue weighted by molar-refractivity contribution is -0.152. The Kier molecular flexibility index (Phi) is 7.81. The number of carbonyl (C=O) groups excluding carboxylic acids is 3. The first-order valence-electron chi connectivity index (χ1n) is 12.6.